The summed E-state index contributed by atoms with van der Waals surface area (Å²) in [7, 11) is 1.85. The van der Waals surface area contributed by atoms with E-state index in [0.29, 0.717) is 12.4 Å². The predicted molar refractivity (Wildman–Crippen MR) is 70.9 cm³/mol. The molecule has 0 spiro atoms. The highest BCUT2D eigenvalue weighted by Crippen LogP contribution is 2.23. The minimum absolute atomic E-state index is 0.0332. The van der Waals surface area contributed by atoms with Gasteiger partial charge >= 0.3 is 0 Å². The molecule has 1 fully saturated rings. The highest BCUT2D eigenvalue weighted by molar-refractivity contribution is 5.90. The fraction of sp³-hybridized carbons (Fsp3) is 0.500. The van der Waals surface area contributed by atoms with Crippen LogP contribution in [0, 0.1) is 6.92 Å². The van der Waals surface area contributed by atoms with Gasteiger partial charge in [0, 0.05) is 20.1 Å². The van der Waals surface area contributed by atoms with Crippen molar-refractivity contribution in [1.29, 1.82) is 0 Å². The normalized spacial score (nSPS) is 16.5. The molecule has 19 heavy (non-hydrogen) atoms. The third kappa shape index (κ3) is 2.11. The predicted octanol–water partition coefficient (Wildman–Crippen LogP) is -0.00198. The Morgan fingerprint density at radius 2 is 2.21 bits per heavy atom. The minimum Gasteiger partial charge on any atom is -0.354 e. The van der Waals surface area contributed by atoms with E-state index >= 15 is 0 Å². The molecule has 2 aromatic heterocycles. The Morgan fingerprint density at radius 3 is 3.05 bits per heavy atom. The van der Waals surface area contributed by atoms with E-state index in [1.165, 1.54) is 0 Å². The molecule has 0 aliphatic carbocycles. The molecule has 0 radical (unpaired) electrons. The first-order valence-electron chi connectivity index (χ1n) is 6.33. The Bertz CT molecular complexity index is 634. The number of hydrogen-bond donors (Lipinski definition) is 1. The highest BCUT2D eigenvalue weighted by atomic mass is 16.2. The zero-order valence-electron chi connectivity index (χ0n) is 11.1. The molecule has 1 aliphatic rings. The summed E-state index contributed by atoms with van der Waals surface area (Å²) in [5.74, 6) is 1.52. The first-order valence-corrected chi connectivity index (χ1v) is 6.33. The molecule has 1 aliphatic heterocycles. The first-order chi connectivity index (χ1) is 9.15. The van der Waals surface area contributed by atoms with Gasteiger partial charge in [0.2, 0.25) is 5.91 Å². The lowest BCUT2D eigenvalue weighted by atomic mass is 10.3. The Morgan fingerprint density at radius 1 is 1.37 bits per heavy atom. The quantitative estimate of drug-likeness (QED) is 0.781. The van der Waals surface area contributed by atoms with Crippen molar-refractivity contribution >= 4 is 22.8 Å². The highest BCUT2D eigenvalue weighted by Gasteiger charge is 2.20. The first kappa shape index (κ1) is 11.9. The van der Waals surface area contributed by atoms with Crippen LogP contribution in [0.5, 0.6) is 0 Å². The van der Waals surface area contributed by atoms with Crippen molar-refractivity contribution in [3.8, 4) is 0 Å². The molecule has 0 unspecified atom stereocenters. The smallest absolute Gasteiger partial charge is 0.239 e. The van der Waals surface area contributed by atoms with Crippen LogP contribution in [0.4, 0.5) is 5.82 Å². The number of rotatable bonds is 1. The molecule has 1 N–H and O–H groups in total. The van der Waals surface area contributed by atoms with Crippen LogP contribution in [-0.4, -0.2) is 45.3 Å². The van der Waals surface area contributed by atoms with Crippen molar-refractivity contribution in [1.82, 2.24) is 25.1 Å². The summed E-state index contributed by atoms with van der Waals surface area (Å²) in [6.07, 6.45) is 2.67. The second-order valence-electron chi connectivity index (χ2n) is 4.72. The van der Waals surface area contributed by atoms with Crippen molar-refractivity contribution < 1.29 is 4.79 Å². The van der Waals surface area contributed by atoms with Crippen molar-refractivity contribution in [3.05, 3.63) is 12.0 Å². The van der Waals surface area contributed by atoms with Crippen LogP contribution in [0.1, 0.15) is 12.2 Å². The number of nitrogens with one attached hydrogen (secondary N) is 1. The number of aromatic nitrogens is 4. The fourth-order valence-electron chi connectivity index (χ4n) is 2.34. The molecule has 0 saturated carbocycles. The van der Waals surface area contributed by atoms with Crippen LogP contribution < -0.4 is 10.2 Å². The molecule has 1 saturated heterocycles. The molecule has 0 atom stereocenters. The van der Waals surface area contributed by atoms with Crippen LogP contribution in [0.25, 0.3) is 11.0 Å². The van der Waals surface area contributed by atoms with Gasteiger partial charge in [0.05, 0.1) is 18.1 Å². The number of anilines is 1. The molecule has 2 aromatic rings. The maximum Gasteiger partial charge on any atom is 0.239 e. The van der Waals surface area contributed by atoms with Gasteiger partial charge in [-0.1, -0.05) is 0 Å². The average Bonchev–Trinajstić information content (AvgIpc) is 2.61. The van der Waals surface area contributed by atoms with E-state index in [9.17, 15) is 4.79 Å². The Labute approximate surface area is 110 Å². The van der Waals surface area contributed by atoms with Gasteiger partial charge in [0.1, 0.15) is 11.6 Å². The van der Waals surface area contributed by atoms with Gasteiger partial charge in [0.15, 0.2) is 5.65 Å². The Balaban J connectivity index is 2.10. The molecular formula is C12H16N6O. The number of carbonyl (C=O) groups is 1. The lowest BCUT2D eigenvalue weighted by molar-refractivity contribution is -0.119. The van der Waals surface area contributed by atoms with E-state index < -0.39 is 0 Å². The third-order valence-corrected chi connectivity index (χ3v) is 3.24. The van der Waals surface area contributed by atoms with Gasteiger partial charge in [0.25, 0.3) is 0 Å². The van der Waals surface area contributed by atoms with Gasteiger partial charge in [-0.05, 0) is 13.3 Å². The molecule has 3 rings (SSSR count). The van der Waals surface area contributed by atoms with Gasteiger partial charge in [-0.3, -0.25) is 9.48 Å². The molecular weight excluding hydrogens is 244 g/mol. The number of carbonyl (C=O) groups excluding carboxylic acids is 1. The summed E-state index contributed by atoms with van der Waals surface area (Å²) < 4.78 is 1.73. The van der Waals surface area contributed by atoms with Gasteiger partial charge in [-0.25, -0.2) is 9.97 Å². The van der Waals surface area contributed by atoms with E-state index in [0.717, 1.165) is 36.4 Å². The van der Waals surface area contributed by atoms with Gasteiger partial charge in [-0.2, -0.15) is 5.10 Å². The minimum atomic E-state index is 0.0332. The number of hydrogen-bond acceptors (Lipinski definition) is 5. The van der Waals surface area contributed by atoms with Crippen molar-refractivity contribution in [2.75, 3.05) is 24.5 Å². The number of amides is 1. The maximum absolute atomic E-state index is 11.7. The average molecular weight is 260 g/mol. The second kappa shape index (κ2) is 4.49. The molecule has 3 heterocycles. The Kier molecular flexibility index (Phi) is 2.81. The second-order valence-corrected chi connectivity index (χ2v) is 4.72. The molecule has 0 aromatic carbocycles. The summed E-state index contributed by atoms with van der Waals surface area (Å²) in [5, 5.41) is 7.98. The molecule has 0 bridgehead atoms. The zero-order chi connectivity index (χ0) is 13.4. The van der Waals surface area contributed by atoms with Gasteiger partial charge in [-0.15, -0.1) is 0 Å². The lowest BCUT2D eigenvalue weighted by Gasteiger charge is -2.20. The summed E-state index contributed by atoms with van der Waals surface area (Å²) in [5.41, 5.74) is 0.798. The molecule has 7 heteroatoms. The van der Waals surface area contributed by atoms with Crippen LogP contribution in [0.2, 0.25) is 0 Å². The van der Waals surface area contributed by atoms with Crippen LogP contribution in [0.15, 0.2) is 6.20 Å². The maximum atomic E-state index is 11.7. The Hall–Kier alpha value is -2.18. The number of aryl methyl sites for hydroxylation is 2. The van der Waals surface area contributed by atoms with E-state index in [4.69, 9.17) is 0 Å². The fourth-order valence-corrected chi connectivity index (χ4v) is 2.34. The van der Waals surface area contributed by atoms with E-state index in [-0.39, 0.29) is 5.91 Å². The summed E-state index contributed by atoms with van der Waals surface area (Å²) in [6, 6.07) is 0. The lowest BCUT2D eigenvalue weighted by Crippen LogP contribution is -2.33. The van der Waals surface area contributed by atoms with Crippen molar-refractivity contribution in [3.63, 3.8) is 0 Å². The van der Waals surface area contributed by atoms with Crippen LogP contribution >= 0.6 is 0 Å². The summed E-state index contributed by atoms with van der Waals surface area (Å²) in [4.78, 5) is 22.6. The number of fused-ring (bicyclic) bond motifs is 1. The van der Waals surface area contributed by atoms with Crippen LogP contribution in [-0.2, 0) is 11.8 Å². The largest absolute Gasteiger partial charge is 0.354 e. The monoisotopic (exact) mass is 260 g/mol. The van der Waals surface area contributed by atoms with Crippen LogP contribution in [0.3, 0.4) is 0 Å². The third-order valence-electron chi connectivity index (χ3n) is 3.24. The topological polar surface area (TPSA) is 75.9 Å². The zero-order valence-corrected chi connectivity index (χ0v) is 11.1. The summed E-state index contributed by atoms with van der Waals surface area (Å²) >= 11 is 0. The number of nitrogens with zero attached hydrogens (tertiary/aromatic N) is 5. The van der Waals surface area contributed by atoms with E-state index in [1.54, 1.807) is 10.9 Å². The molecule has 1 amide bonds. The standard InChI is InChI=1S/C12H16N6O/c1-8-15-11-9(6-14-17(11)2)12(16-8)18-5-3-4-13-10(19)7-18/h6H,3-5,7H2,1-2H3,(H,13,19). The molecule has 7 nitrogen and oxygen atoms in total. The van der Waals surface area contributed by atoms with Gasteiger partial charge < -0.3 is 10.2 Å². The summed E-state index contributed by atoms with van der Waals surface area (Å²) in [6.45, 7) is 3.71. The van der Waals surface area contributed by atoms with E-state index in [1.807, 2.05) is 18.9 Å². The molecule has 100 valence electrons. The van der Waals surface area contributed by atoms with E-state index in [2.05, 4.69) is 20.4 Å². The van der Waals surface area contributed by atoms with Crippen molar-refractivity contribution in [2.24, 2.45) is 7.05 Å². The SMILES string of the molecule is Cc1nc(N2CCCNC(=O)C2)c2cnn(C)c2n1. The van der Waals surface area contributed by atoms with Crippen molar-refractivity contribution in [2.45, 2.75) is 13.3 Å².